The van der Waals surface area contributed by atoms with Crippen LogP contribution in [0.4, 0.5) is 0 Å². The number of hydrogen-bond donors (Lipinski definition) is 2. The minimum Gasteiger partial charge on any atom is -0.330 e. The Morgan fingerprint density at radius 3 is 2.30 bits per heavy atom. The molecule has 0 aromatic rings. The molecule has 0 aliphatic carbocycles. The summed E-state index contributed by atoms with van der Waals surface area (Å²) in [4.78, 5) is 0. The van der Waals surface area contributed by atoms with E-state index in [9.17, 15) is 0 Å². The highest BCUT2D eigenvalue weighted by Gasteiger charge is 2.23. The molecule has 0 saturated heterocycles. The third-order valence-corrected chi connectivity index (χ3v) is 3.14. The van der Waals surface area contributed by atoms with Crippen molar-refractivity contribution in [2.75, 3.05) is 6.54 Å². The number of rotatable bonds is 4. The van der Waals surface area contributed by atoms with Crippen molar-refractivity contribution in [3.05, 3.63) is 0 Å². The maximum absolute atomic E-state index is 5.47. The quantitative estimate of drug-likeness (QED) is 0.607. The van der Waals surface area contributed by atoms with Gasteiger partial charge in [-0.05, 0) is 24.8 Å². The van der Waals surface area contributed by atoms with Crippen molar-refractivity contribution in [3.8, 4) is 0 Å². The van der Waals surface area contributed by atoms with Crippen molar-refractivity contribution >= 4 is 12.6 Å². The standard InChI is InChI=1S/C8H19NS/c1-4-7(10)8(2,3)5-6-9/h7,10H,4-6,9H2,1-3H3. The molecule has 0 aromatic carbocycles. The average Bonchev–Trinajstić information content (AvgIpc) is 1.86. The van der Waals surface area contributed by atoms with Crippen LogP contribution in [-0.2, 0) is 0 Å². The van der Waals surface area contributed by atoms with Crippen LogP contribution >= 0.6 is 12.6 Å². The van der Waals surface area contributed by atoms with E-state index in [0.29, 0.717) is 10.7 Å². The van der Waals surface area contributed by atoms with Crippen LogP contribution in [0, 0.1) is 5.41 Å². The molecule has 1 atom stereocenters. The molecule has 10 heavy (non-hydrogen) atoms. The second-order valence-electron chi connectivity index (χ2n) is 3.45. The van der Waals surface area contributed by atoms with Crippen molar-refractivity contribution in [2.24, 2.45) is 11.1 Å². The van der Waals surface area contributed by atoms with Gasteiger partial charge in [0.15, 0.2) is 0 Å². The molecule has 0 rings (SSSR count). The van der Waals surface area contributed by atoms with Crippen LogP contribution in [0.2, 0.25) is 0 Å². The first-order valence-corrected chi connectivity index (χ1v) is 4.44. The minimum atomic E-state index is 0.298. The van der Waals surface area contributed by atoms with Gasteiger partial charge in [-0.3, -0.25) is 0 Å². The fraction of sp³-hybridized carbons (Fsp3) is 1.00. The van der Waals surface area contributed by atoms with Crippen LogP contribution in [0.15, 0.2) is 0 Å². The molecule has 0 amide bonds. The van der Waals surface area contributed by atoms with Gasteiger partial charge in [0.25, 0.3) is 0 Å². The summed E-state index contributed by atoms with van der Waals surface area (Å²) in [5.41, 5.74) is 5.77. The topological polar surface area (TPSA) is 26.0 Å². The highest BCUT2D eigenvalue weighted by molar-refractivity contribution is 7.81. The first-order valence-electron chi connectivity index (χ1n) is 3.92. The summed E-state index contributed by atoms with van der Waals surface area (Å²) in [6.45, 7) is 7.38. The normalized spacial score (nSPS) is 15.3. The van der Waals surface area contributed by atoms with Crippen molar-refractivity contribution in [3.63, 3.8) is 0 Å². The summed E-state index contributed by atoms with van der Waals surface area (Å²) < 4.78 is 0. The van der Waals surface area contributed by atoms with Gasteiger partial charge in [0.05, 0.1) is 0 Å². The summed E-state index contributed by atoms with van der Waals surface area (Å²) in [7, 11) is 0. The van der Waals surface area contributed by atoms with Crippen LogP contribution in [0.1, 0.15) is 33.6 Å². The largest absolute Gasteiger partial charge is 0.330 e. The third-order valence-electron chi connectivity index (χ3n) is 2.08. The van der Waals surface area contributed by atoms with E-state index >= 15 is 0 Å². The zero-order valence-electron chi connectivity index (χ0n) is 7.22. The average molecular weight is 161 g/mol. The molecule has 1 nitrogen and oxygen atoms in total. The Kier molecular flexibility index (Phi) is 4.37. The monoisotopic (exact) mass is 161 g/mol. The van der Waals surface area contributed by atoms with Crippen LogP contribution in [0.25, 0.3) is 0 Å². The molecular weight excluding hydrogens is 142 g/mol. The molecule has 62 valence electrons. The van der Waals surface area contributed by atoms with Gasteiger partial charge in [0.2, 0.25) is 0 Å². The van der Waals surface area contributed by atoms with Gasteiger partial charge in [-0.1, -0.05) is 20.8 Å². The number of hydrogen-bond acceptors (Lipinski definition) is 2. The SMILES string of the molecule is CCC(S)C(C)(C)CCN. The number of thiol groups is 1. The lowest BCUT2D eigenvalue weighted by atomic mass is 9.84. The van der Waals surface area contributed by atoms with E-state index in [-0.39, 0.29) is 0 Å². The summed E-state index contributed by atoms with van der Waals surface area (Å²) in [5, 5.41) is 0.482. The van der Waals surface area contributed by atoms with E-state index in [2.05, 4.69) is 33.4 Å². The summed E-state index contributed by atoms with van der Waals surface area (Å²) >= 11 is 4.49. The summed E-state index contributed by atoms with van der Waals surface area (Å²) in [6, 6.07) is 0. The minimum absolute atomic E-state index is 0.298. The second-order valence-corrected chi connectivity index (χ2v) is 4.07. The smallest absolute Gasteiger partial charge is 0.00658 e. The number of nitrogens with two attached hydrogens (primary N) is 1. The maximum Gasteiger partial charge on any atom is 0.00658 e. The molecule has 1 unspecified atom stereocenters. The molecule has 0 heterocycles. The lowest BCUT2D eigenvalue weighted by Crippen LogP contribution is -2.27. The van der Waals surface area contributed by atoms with E-state index in [4.69, 9.17) is 5.73 Å². The Balaban J connectivity index is 3.82. The maximum atomic E-state index is 5.47. The van der Waals surface area contributed by atoms with Gasteiger partial charge in [0, 0.05) is 5.25 Å². The van der Waals surface area contributed by atoms with Crippen molar-refractivity contribution in [2.45, 2.75) is 38.9 Å². The van der Waals surface area contributed by atoms with Crippen molar-refractivity contribution in [1.82, 2.24) is 0 Å². The lowest BCUT2D eigenvalue weighted by molar-refractivity contribution is 0.323. The van der Waals surface area contributed by atoms with Crippen LogP contribution in [0.5, 0.6) is 0 Å². The second kappa shape index (κ2) is 4.24. The molecule has 0 aliphatic rings. The predicted molar refractivity (Wildman–Crippen MR) is 50.5 cm³/mol. The fourth-order valence-electron chi connectivity index (χ4n) is 1.09. The first-order chi connectivity index (χ1) is 4.54. The van der Waals surface area contributed by atoms with Crippen LogP contribution in [0.3, 0.4) is 0 Å². The molecule has 0 spiro atoms. The molecule has 0 saturated carbocycles. The van der Waals surface area contributed by atoms with Crippen molar-refractivity contribution in [1.29, 1.82) is 0 Å². The Morgan fingerprint density at radius 1 is 1.50 bits per heavy atom. The Morgan fingerprint density at radius 2 is 2.00 bits per heavy atom. The first kappa shape index (κ1) is 10.3. The van der Waals surface area contributed by atoms with E-state index in [1.165, 1.54) is 0 Å². The molecule has 2 N–H and O–H groups in total. The molecule has 0 aliphatic heterocycles. The van der Waals surface area contributed by atoms with Gasteiger partial charge in [-0.2, -0.15) is 12.6 Å². The fourth-order valence-corrected chi connectivity index (χ4v) is 1.22. The van der Waals surface area contributed by atoms with E-state index in [1.807, 2.05) is 0 Å². The molecule has 0 radical (unpaired) electrons. The Labute approximate surface area is 69.8 Å². The Bertz CT molecular complexity index is 91.3. The molecule has 2 heteroatoms. The molecule has 0 bridgehead atoms. The van der Waals surface area contributed by atoms with Crippen molar-refractivity contribution < 1.29 is 0 Å². The molecule has 0 fully saturated rings. The Hall–Kier alpha value is 0.310. The summed E-state index contributed by atoms with van der Waals surface area (Å²) in [6.07, 6.45) is 2.19. The van der Waals surface area contributed by atoms with E-state index in [0.717, 1.165) is 19.4 Å². The van der Waals surface area contributed by atoms with E-state index < -0.39 is 0 Å². The molecule has 0 aromatic heterocycles. The molecular formula is C8H19NS. The van der Waals surface area contributed by atoms with Crippen LogP contribution < -0.4 is 5.73 Å². The van der Waals surface area contributed by atoms with Gasteiger partial charge >= 0.3 is 0 Å². The highest BCUT2D eigenvalue weighted by Crippen LogP contribution is 2.30. The third kappa shape index (κ3) is 2.93. The van der Waals surface area contributed by atoms with Gasteiger partial charge in [0.1, 0.15) is 0 Å². The van der Waals surface area contributed by atoms with Crippen LogP contribution in [-0.4, -0.2) is 11.8 Å². The van der Waals surface area contributed by atoms with Gasteiger partial charge in [-0.25, -0.2) is 0 Å². The highest BCUT2D eigenvalue weighted by atomic mass is 32.1. The van der Waals surface area contributed by atoms with E-state index in [1.54, 1.807) is 0 Å². The predicted octanol–water partition coefficient (Wildman–Crippen LogP) is 2.07. The zero-order chi connectivity index (χ0) is 8.20. The summed E-state index contributed by atoms with van der Waals surface area (Å²) in [5.74, 6) is 0. The lowest BCUT2D eigenvalue weighted by Gasteiger charge is -2.29. The zero-order valence-corrected chi connectivity index (χ0v) is 8.12. The van der Waals surface area contributed by atoms with Gasteiger partial charge in [-0.15, -0.1) is 0 Å². The van der Waals surface area contributed by atoms with Gasteiger partial charge < -0.3 is 5.73 Å².